The van der Waals surface area contributed by atoms with Crippen molar-refractivity contribution < 1.29 is 14.6 Å². The standard InChI is InChI=1S/C16H14O3.I2/c17-9-16(18)19-10-15-13-7-3-1-5-11(13)12-6-2-4-8-14(12)15;1-2/h1-8,15,17H,9-10H2;. The maximum Gasteiger partial charge on any atom is 0.331 e. The zero-order valence-corrected chi connectivity index (χ0v) is 15.4. The Morgan fingerprint density at radius 1 is 1.00 bits per heavy atom. The number of benzene rings is 2. The zero-order valence-electron chi connectivity index (χ0n) is 11.1. The number of rotatable bonds is 3. The highest BCUT2D eigenvalue weighted by molar-refractivity contribution is 15.0. The molecule has 0 bridgehead atoms. The number of ether oxygens (including phenoxy) is 1. The van der Waals surface area contributed by atoms with Gasteiger partial charge in [0.2, 0.25) is 0 Å². The van der Waals surface area contributed by atoms with E-state index in [0.29, 0.717) is 0 Å². The third kappa shape index (κ3) is 3.57. The number of fused-ring (bicyclic) bond motifs is 3. The van der Waals surface area contributed by atoms with Gasteiger partial charge in [0.05, 0.1) is 0 Å². The van der Waals surface area contributed by atoms with E-state index in [1.165, 1.54) is 22.3 Å². The topological polar surface area (TPSA) is 46.5 Å². The van der Waals surface area contributed by atoms with Crippen molar-refractivity contribution in [1.29, 1.82) is 0 Å². The van der Waals surface area contributed by atoms with Crippen molar-refractivity contribution >= 4 is 43.2 Å². The molecule has 110 valence electrons. The Balaban J connectivity index is 0.000000774. The first kappa shape index (κ1) is 16.7. The van der Waals surface area contributed by atoms with Crippen LogP contribution in [-0.4, -0.2) is 24.3 Å². The number of carbonyl (C=O) groups excluding carboxylic acids is 1. The van der Waals surface area contributed by atoms with E-state index < -0.39 is 12.6 Å². The number of hydrogen-bond acceptors (Lipinski definition) is 3. The zero-order chi connectivity index (χ0) is 15.2. The monoisotopic (exact) mass is 508 g/mol. The Morgan fingerprint density at radius 2 is 1.48 bits per heavy atom. The van der Waals surface area contributed by atoms with Crippen molar-refractivity contribution in [2.24, 2.45) is 0 Å². The Bertz CT molecular complexity index is 583. The molecule has 1 aliphatic carbocycles. The van der Waals surface area contributed by atoms with Crippen molar-refractivity contribution in [3.8, 4) is 11.1 Å². The number of esters is 1. The van der Waals surface area contributed by atoms with Crippen LogP contribution in [0.2, 0.25) is 0 Å². The fourth-order valence-corrected chi connectivity index (χ4v) is 2.66. The molecule has 5 heteroatoms. The van der Waals surface area contributed by atoms with Gasteiger partial charge in [-0.05, 0) is 22.3 Å². The lowest BCUT2D eigenvalue weighted by Crippen LogP contribution is -2.14. The van der Waals surface area contributed by atoms with Crippen LogP contribution in [0.3, 0.4) is 0 Å². The fraction of sp³-hybridized carbons (Fsp3) is 0.188. The second kappa shape index (κ2) is 8.09. The lowest BCUT2D eigenvalue weighted by molar-refractivity contribution is -0.147. The van der Waals surface area contributed by atoms with Crippen LogP contribution in [0.5, 0.6) is 0 Å². The van der Waals surface area contributed by atoms with Crippen LogP contribution < -0.4 is 0 Å². The van der Waals surface area contributed by atoms with Gasteiger partial charge in [-0.15, -0.1) is 0 Å². The summed E-state index contributed by atoms with van der Waals surface area (Å²) >= 11 is 4.24. The molecule has 0 saturated carbocycles. The van der Waals surface area contributed by atoms with E-state index in [1.807, 2.05) is 24.3 Å². The molecule has 0 atom stereocenters. The van der Waals surface area contributed by atoms with E-state index >= 15 is 0 Å². The number of halogens is 2. The minimum Gasteiger partial charge on any atom is -0.463 e. The van der Waals surface area contributed by atoms with Gasteiger partial charge in [0.15, 0.2) is 0 Å². The molecule has 0 unspecified atom stereocenters. The Morgan fingerprint density at radius 3 is 1.95 bits per heavy atom. The Labute approximate surface area is 147 Å². The van der Waals surface area contributed by atoms with Gasteiger partial charge in [-0.3, -0.25) is 0 Å². The average Bonchev–Trinajstić information content (AvgIpc) is 2.88. The first-order valence-corrected chi connectivity index (χ1v) is 12.7. The second-order valence-electron chi connectivity index (χ2n) is 4.57. The van der Waals surface area contributed by atoms with E-state index in [2.05, 4.69) is 61.5 Å². The van der Waals surface area contributed by atoms with E-state index in [9.17, 15) is 4.79 Å². The van der Waals surface area contributed by atoms with Crippen molar-refractivity contribution in [2.45, 2.75) is 5.92 Å². The minimum atomic E-state index is -0.582. The molecule has 0 aromatic heterocycles. The molecule has 0 aliphatic heterocycles. The molecule has 1 N–H and O–H groups in total. The molecule has 0 spiro atoms. The Kier molecular flexibility index (Phi) is 6.43. The molecular weight excluding hydrogens is 494 g/mol. The SMILES string of the molecule is II.O=C(CO)OCC1c2ccccc2-c2ccccc21. The quantitative estimate of drug-likeness (QED) is 0.502. The van der Waals surface area contributed by atoms with Crippen LogP contribution in [0, 0.1) is 0 Å². The predicted molar refractivity (Wildman–Crippen MR) is 99.8 cm³/mol. The first-order valence-electron chi connectivity index (χ1n) is 6.40. The lowest BCUT2D eigenvalue weighted by atomic mass is 9.98. The number of aliphatic hydroxyl groups excluding tert-OH is 1. The van der Waals surface area contributed by atoms with Gasteiger partial charge in [-0.25, -0.2) is 4.79 Å². The molecule has 2 aromatic carbocycles. The molecule has 1 aliphatic rings. The largest absolute Gasteiger partial charge is 0.463 e. The van der Waals surface area contributed by atoms with E-state index in [-0.39, 0.29) is 12.5 Å². The number of aliphatic hydroxyl groups is 1. The summed E-state index contributed by atoms with van der Waals surface area (Å²) < 4.78 is 5.10. The van der Waals surface area contributed by atoms with Gasteiger partial charge in [-0.2, -0.15) is 0 Å². The maximum absolute atomic E-state index is 11.1. The van der Waals surface area contributed by atoms with Crippen molar-refractivity contribution in [3.63, 3.8) is 0 Å². The second-order valence-corrected chi connectivity index (χ2v) is 4.57. The summed E-state index contributed by atoms with van der Waals surface area (Å²) in [6, 6.07) is 16.3. The van der Waals surface area contributed by atoms with Gasteiger partial charge in [0.1, 0.15) is 13.2 Å². The summed E-state index contributed by atoms with van der Waals surface area (Å²) in [5.41, 5.74) is 4.75. The smallest absolute Gasteiger partial charge is 0.331 e. The van der Waals surface area contributed by atoms with Crippen LogP contribution in [0.15, 0.2) is 48.5 Å². The predicted octanol–water partition coefficient (Wildman–Crippen LogP) is 4.11. The molecule has 0 radical (unpaired) electrons. The van der Waals surface area contributed by atoms with Crippen LogP contribution in [-0.2, 0) is 9.53 Å². The molecular formula is C16H14I2O3. The van der Waals surface area contributed by atoms with Crippen LogP contribution in [0.4, 0.5) is 0 Å². The third-order valence-corrected chi connectivity index (χ3v) is 3.50. The van der Waals surface area contributed by atoms with Gasteiger partial charge in [0, 0.05) is 43.1 Å². The molecule has 0 amide bonds. The van der Waals surface area contributed by atoms with Gasteiger partial charge < -0.3 is 9.84 Å². The molecule has 3 nitrogen and oxygen atoms in total. The van der Waals surface area contributed by atoms with E-state index in [0.717, 1.165) is 0 Å². The molecule has 0 heterocycles. The highest BCUT2D eigenvalue weighted by Crippen LogP contribution is 2.44. The normalized spacial score (nSPS) is 12.0. The number of carbonyl (C=O) groups is 1. The molecule has 0 fully saturated rings. The van der Waals surface area contributed by atoms with Gasteiger partial charge >= 0.3 is 5.97 Å². The van der Waals surface area contributed by atoms with Crippen LogP contribution in [0.1, 0.15) is 17.0 Å². The number of hydrogen-bond donors (Lipinski definition) is 1. The minimum absolute atomic E-state index is 0.0582. The summed E-state index contributed by atoms with van der Waals surface area (Å²) in [6.07, 6.45) is 0. The molecule has 3 rings (SSSR count). The van der Waals surface area contributed by atoms with Crippen molar-refractivity contribution in [2.75, 3.05) is 13.2 Å². The van der Waals surface area contributed by atoms with Gasteiger partial charge in [0.25, 0.3) is 0 Å². The summed E-state index contributed by atoms with van der Waals surface area (Å²) in [6.45, 7) is -0.302. The van der Waals surface area contributed by atoms with Gasteiger partial charge in [-0.1, -0.05) is 48.5 Å². The third-order valence-electron chi connectivity index (χ3n) is 3.50. The summed E-state index contributed by atoms with van der Waals surface area (Å²) in [5.74, 6) is -0.523. The molecule has 2 aromatic rings. The highest BCUT2D eigenvalue weighted by Gasteiger charge is 2.28. The summed E-state index contributed by atoms with van der Waals surface area (Å²) in [4.78, 5) is 11.1. The van der Waals surface area contributed by atoms with E-state index in [1.54, 1.807) is 0 Å². The van der Waals surface area contributed by atoms with Crippen LogP contribution in [0.25, 0.3) is 11.1 Å². The Hall–Kier alpha value is -0.670. The summed E-state index contributed by atoms with van der Waals surface area (Å²) in [5, 5.41) is 8.72. The average molecular weight is 508 g/mol. The maximum atomic E-state index is 11.1. The van der Waals surface area contributed by atoms with Crippen molar-refractivity contribution in [3.05, 3.63) is 59.7 Å². The van der Waals surface area contributed by atoms with Crippen LogP contribution >= 0.6 is 37.2 Å². The first-order chi connectivity index (χ1) is 10.3. The fourth-order valence-electron chi connectivity index (χ4n) is 2.66. The summed E-state index contributed by atoms with van der Waals surface area (Å²) in [7, 11) is 0. The van der Waals surface area contributed by atoms with E-state index in [4.69, 9.17) is 9.84 Å². The highest BCUT2D eigenvalue weighted by atomic mass is 128. The molecule has 21 heavy (non-hydrogen) atoms. The lowest BCUT2D eigenvalue weighted by Gasteiger charge is -2.13. The molecule has 0 saturated heterocycles. The van der Waals surface area contributed by atoms with Crippen molar-refractivity contribution in [1.82, 2.24) is 0 Å².